The van der Waals surface area contributed by atoms with Gasteiger partial charge in [0.25, 0.3) is 0 Å². The van der Waals surface area contributed by atoms with E-state index in [-0.39, 0.29) is 5.92 Å². The van der Waals surface area contributed by atoms with E-state index in [9.17, 15) is 4.79 Å². The zero-order chi connectivity index (χ0) is 35.2. The van der Waals surface area contributed by atoms with Crippen LogP contribution < -0.4 is 4.74 Å². The number of allylic oxidation sites excluding steroid dienone is 1. The summed E-state index contributed by atoms with van der Waals surface area (Å²) in [6, 6.07) is 17.3. The maximum Gasteiger partial charge on any atom is 0.136 e. The lowest BCUT2D eigenvalue weighted by Crippen LogP contribution is -2.45. The first kappa shape index (κ1) is 35.7. The summed E-state index contributed by atoms with van der Waals surface area (Å²) in [5, 5.41) is 8.90. The summed E-state index contributed by atoms with van der Waals surface area (Å²) in [4.78, 5) is 21.6. The van der Waals surface area contributed by atoms with Gasteiger partial charge >= 0.3 is 0 Å². The number of carbonyl (C=O) groups is 1. The molecule has 2 aromatic carbocycles. The van der Waals surface area contributed by atoms with Gasteiger partial charge in [-0.2, -0.15) is 10.2 Å². The standard InChI is InChI=1S/C44H56N4O3/c1-30(2)39-16-17-41(47-46-39)32-12-14-38(15-13-32)51-44-29-42-34(27-36(44)28-35-10-7-8-31(3)26-43(35)49)9-5-4-6-11-40(45-42)33-18-22-48(23-19-33)37-20-24-50-25-21-37/h5,9,12-17,27,29-31,33,35,37H,4,6-8,10-11,18-26,28H2,1-3H3. The highest BCUT2D eigenvalue weighted by Crippen LogP contribution is 2.39. The molecule has 7 heteroatoms. The van der Waals surface area contributed by atoms with Crippen LogP contribution in [0.5, 0.6) is 11.5 Å². The van der Waals surface area contributed by atoms with Gasteiger partial charge in [-0.25, -0.2) is 0 Å². The number of likely N-dealkylation sites (tertiary alicyclic amines) is 1. The molecule has 7 nitrogen and oxygen atoms in total. The molecular formula is C44H56N4O3. The molecule has 4 aliphatic rings. The number of aromatic nitrogens is 2. The van der Waals surface area contributed by atoms with Gasteiger partial charge in [-0.1, -0.05) is 45.8 Å². The van der Waals surface area contributed by atoms with Gasteiger partial charge in [0.2, 0.25) is 0 Å². The lowest BCUT2D eigenvalue weighted by atomic mass is 9.87. The molecule has 0 amide bonds. The number of Topliss-reactive ketones (excluding diaryl/α,β-unsaturated/α-hetero) is 1. The lowest BCUT2D eigenvalue weighted by molar-refractivity contribution is -0.123. The molecular weight excluding hydrogens is 633 g/mol. The quantitative estimate of drug-likeness (QED) is 0.219. The number of benzene rings is 2. The second kappa shape index (κ2) is 16.8. The van der Waals surface area contributed by atoms with E-state index in [1.165, 1.54) is 18.6 Å². The largest absolute Gasteiger partial charge is 0.457 e. The van der Waals surface area contributed by atoms with Gasteiger partial charge in [-0.3, -0.25) is 9.79 Å². The molecule has 0 bridgehead atoms. The van der Waals surface area contributed by atoms with Crippen molar-refractivity contribution in [2.75, 3.05) is 26.3 Å². The Bertz CT molecular complexity index is 1680. The van der Waals surface area contributed by atoms with E-state index < -0.39 is 0 Å². The van der Waals surface area contributed by atoms with Crippen LogP contribution in [0.1, 0.15) is 114 Å². The Morgan fingerprint density at radius 1 is 0.922 bits per heavy atom. The van der Waals surface area contributed by atoms with Crippen LogP contribution in [0, 0.1) is 17.8 Å². The molecule has 4 heterocycles. The molecule has 3 aromatic rings. The number of aliphatic imine (C=N–C) groups is 1. The minimum atomic E-state index is 0.0189. The van der Waals surface area contributed by atoms with E-state index in [1.54, 1.807) is 0 Å². The molecule has 3 aliphatic heterocycles. The highest BCUT2D eigenvalue weighted by molar-refractivity contribution is 5.91. The summed E-state index contributed by atoms with van der Waals surface area (Å²) < 4.78 is 12.4. The van der Waals surface area contributed by atoms with Gasteiger partial charge in [0.05, 0.1) is 17.1 Å². The van der Waals surface area contributed by atoms with E-state index in [1.807, 2.05) is 30.3 Å². The topological polar surface area (TPSA) is 76.9 Å². The third kappa shape index (κ3) is 9.04. The van der Waals surface area contributed by atoms with Crippen LogP contribution in [-0.4, -0.2) is 58.9 Å². The summed E-state index contributed by atoms with van der Waals surface area (Å²) in [5.74, 6) is 3.29. The number of fused-ring (bicyclic) bond motifs is 1. The van der Waals surface area contributed by atoms with E-state index in [4.69, 9.17) is 14.5 Å². The van der Waals surface area contributed by atoms with Crippen molar-refractivity contribution in [3.05, 3.63) is 71.4 Å². The SMILES string of the molecule is CC1CCCC(Cc2cc3c(cc2Oc2ccc(-c4ccc(C(C)C)nn4)cc2)N=C(C2CCN(C4CCOCC4)CC2)CCCC=C3)C(=O)C1. The molecule has 2 atom stereocenters. The van der Waals surface area contributed by atoms with Crippen LogP contribution >= 0.6 is 0 Å². The Morgan fingerprint density at radius 3 is 2.47 bits per heavy atom. The van der Waals surface area contributed by atoms with Crippen molar-refractivity contribution in [1.82, 2.24) is 15.1 Å². The molecule has 0 radical (unpaired) electrons. The first-order chi connectivity index (χ1) is 24.9. The molecule has 1 aliphatic carbocycles. The van der Waals surface area contributed by atoms with Crippen molar-refractivity contribution < 1.29 is 14.3 Å². The molecule has 51 heavy (non-hydrogen) atoms. The number of rotatable bonds is 8. The summed E-state index contributed by atoms with van der Waals surface area (Å²) in [7, 11) is 0. The second-order valence-corrected chi connectivity index (χ2v) is 15.8. The number of hydrogen-bond donors (Lipinski definition) is 0. The van der Waals surface area contributed by atoms with Crippen molar-refractivity contribution in [2.24, 2.45) is 22.7 Å². The molecule has 1 saturated carbocycles. The van der Waals surface area contributed by atoms with Crippen molar-refractivity contribution in [3.8, 4) is 22.8 Å². The van der Waals surface area contributed by atoms with Crippen molar-refractivity contribution >= 4 is 23.3 Å². The second-order valence-electron chi connectivity index (χ2n) is 15.8. The number of carbonyl (C=O) groups excluding carboxylic acids is 1. The van der Waals surface area contributed by atoms with E-state index in [2.05, 4.69) is 66.2 Å². The van der Waals surface area contributed by atoms with Crippen LogP contribution in [0.4, 0.5) is 5.69 Å². The third-order valence-corrected chi connectivity index (χ3v) is 11.7. The van der Waals surface area contributed by atoms with Crippen LogP contribution in [-0.2, 0) is 16.0 Å². The zero-order valence-corrected chi connectivity index (χ0v) is 31.0. The predicted octanol–water partition coefficient (Wildman–Crippen LogP) is 10.2. The third-order valence-electron chi connectivity index (χ3n) is 11.7. The summed E-state index contributed by atoms with van der Waals surface area (Å²) in [5.41, 5.74) is 7.37. The molecule has 3 fully saturated rings. The average Bonchev–Trinajstić information content (AvgIpc) is 3.23. The monoisotopic (exact) mass is 688 g/mol. The van der Waals surface area contributed by atoms with Crippen LogP contribution in [0.15, 0.2) is 59.6 Å². The minimum Gasteiger partial charge on any atom is -0.457 e. The van der Waals surface area contributed by atoms with Crippen LogP contribution in [0.3, 0.4) is 0 Å². The smallest absolute Gasteiger partial charge is 0.136 e. The molecule has 0 N–H and O–H groups in total. The number of ether oxygens (including phenoxy) is 2. The number of ketones is 1. The Hall–Kier alpha value is -3.68. The van der Waals surface area contributed by atoms with Crippen LogP contribution in [0.2, 0.25) is 0 Å². The van der Waals surface area contributed by atoms with Gasteiger partial charge in [-0.15, -0.1) is 0 Å². The molecule has 2 unspecified atom stereocenters. The number of nitrogens with zero attached hydrogens (tertiary/aromatic N) is 4. The highest BCUT2D eigenvalue weighted by atomic mass is 16.5. The molecule has 270 valence electrons. The Morgan fingerprint density at radius 2 is 1.73 bits per heavy atom. The first-order valence-electron chi connectivity index (χ1n) is 19.8. The van der Waals surface area contributed by atoms with Crippen LogP contribution in [0.25, 0.3) is 17.3 Å². The Balaban J connectivity index is 1.17. The van der Waals surface area contributed by atoms with Crippen molar-refractivity contribution in [2.45, 2.75) is 110 Å². The van der Waals surface area contributed by atoms with Crippen molar-refractivity contribution in [1.29, 1.82) is 0 Å². The number of hydrogen-bond acceptors (Lipinski definition) is 7. The fourth-order valence-corrected chi connectivity index (χ4v) is 8.48. The normalized spacial score (nSPS) is 22.8. The minimum absolute atomic E-state index is 0.0189. The average molecular weight is 689 g/mol. The summed E-state index contributed by atoms with van der Waals surface area (Å²) >= 11 is 0. The molecule has 1 aromatic heterocycles. The van der Waals surface area contributed by atoms with Gasteiger partial charge < -0.3 is 14.4 Å². The fraction of sp³-hybridized carbons (Fsp3) is 0.545. The lowest BCUT2D eigenvalue weighted by Gasteiger charge is -2.39. The highest BCUT2D eigenvalue weighted by Gasteiger charge is 2.30. The maximum absolute atomic E-state index is 13.4. The van der Waals surface area contributed by atoms with Gasteiger partial charge in [-0.05, 0) is 137 Å². The molecule has 0 spiro atoms. The van der Waals surface area contributed by atoms with Gasteiger partial charge in [0.15, 0.2) is 0 Å². The summed E-state index contributed by atoms with van der Waals surface area (Å²) in [6.07, 6.45) is 16.9. The first-order valence-corrected chi connectivity index (χ1v) is 19.8. The molecule has 7 rings (SSSR count). The molecule has 2 saturated heterocycles. The zero-order valence-electron chi connectivity index (χ0n) is 31.0. The van der Waals surface area contributed by atoms with E-state index in [0.717, 1.165) is 123 Å². The Labute approximate surface area is 305 Å². The fourth-order valence-electron chi connectivity index (χ4n) is 8.48. The van der Waals surface area contributed by atoms with E-state index in [0.29, 0.717) is 42.4 Å². The summed E-state index contributed by atoms with van der Waals surface area (Å²) in [6.45, 7) is 10.5. The van der Waals surface area contributed by atoms with E-state index >= 15 is 0 Å². The van der Waals surface area contributed by atoms with Gasteiger partial charge in [0, 0.05) is 54.5 Å². The maximum atomic E-state index is 13.4. The predicted molar refractivity (Wildman–Crippen MR) is 206 cm³/mol. The van der Waals surface area contributed by atoms with Crippen molar-refractivity contribution in [3.63, 3.8) is 0 Å². The van der Waals surface area contributed by atoms with Gasteiger partial charge in [0.1, 0.15) is 17.3 Å². The Kier molecular flexibility index (Phi) is 11.7. The number of piperidine rings is 1.